The van der Waals surface area contributed by atoms with Crippen molar-refractivity contribution in [3.05, 3.63) is 0 Å². The van der Waals surface area contributed by atoms with Crippen molar-refractivity contribution in [2.75, 3.05) is 0 Å². The lowest BCUT2D eigenvalue weighted by molar-refractivity contribution is 0.0257. The minimum atomic E-state index is 0.456. The Labute approximate surface area is 116 Å². The van der Waals surface area contributed by atoms with Crippen LogP contribution >= 0.6 is 0 Å². The fourth-order valence-corrected chi connectivity index (χ4v) is 3.71. The van der Waals surface area contributed by atoms with Gasteiger partial charge in [-0.2, -0.15) is 0 Å². The van der Waals surface area contributed by atoms with E-state index in [9.17, 15) is 0 Å². The van der Waals surface area contributed by atoms with E-state index in [1.165, 1.54) is 25.7 Å². The molecule has 0 amide bonds. The fourth-order valence-electron chi connectivity index (χ4n) is 3.71. The molecule has 18 heavy (non-hydrogen) atoms. The van der Waals surface area contributed by atoms with Crippen LogP contribution in [0.5, 0.6) is 0 Å². The van der Waals surface area contributed by atoms with Crippen LogP contribution in [0.1, 0.15) is 81.1 Å². The van der Waals surface area contributed by atoms with Gasteiger partial charge in [0, 0.05) is 0 Å². The third-order valence-electron chi connectivity index (χ3n) is 5.89. The van der Waals surface area contributed by atoms with Gasteiger partial charge in [0.05, 0.1) is 0 Å². The monoisotopic (exact) mass is 252 g/mol. The van der Waals surface area contributed by atoms with E-state index in [0.717, 1.165) is 23.7 Å². The summed E-state index contributed by atoms with van der Waals surface area (Å²) in [5, 5.41) is 0. The molecule has 0 heteroatoms. The summed E-state index contributed by atoms with van der Waals surface area (Å²) in [7, 11) is 0. The number of rotatable bonds is 2. The lowest BCUT2D eigenvalue weighted by atomic mass is 9.58. The van der Waals surface area contributed by atoms with Crippen LogP contribution in [-0.2, 0) is 0 Å². The van der Waals surface area contributed by atoms with Crippen molar-refractivity contribution in [1.82, 2.24) is 0 Å². The highest BCUT2D eigenvalue weighted by Crippen LogP contribution is 2.48. The zero-order valence-electron chi connectivity index (χ0n) is 14.1. The molecule has 108 valence electrons. The predicted octanol–water partition coefficient (Wildman–Crippen LogP) is 6.16. The molecule has 2 unspecified atom stereocenters. The zero-order valence-corrected chi connectivity index (χ0v) is 14.1. The van der Waals surface area contributed by atoms with Crippen molar-refractivity contribution in [3.8, 4) is 0 Å². The summed E-state index contributed by atoms with van der Waals surface area (Å²) in [4.78, 5) is 0. The summed E-state index contributed by atoms with van der Waals surface area (Å²) in [5.74, 6) is 3.56. The van der Waals surface area contributed by atoms with Gasteiger partial charge in [-0.25, -0.2) is 0 Å². The Balaban J connectivity index is 2.87. The van der Waals surface area contributed by atoms with Gasteiger partial charge in [-0.05, 0) is 47.3 Å². The summed E-state index contributed by atoms with van der Waals surface area (Å²) in [6.45, 7) is 19.5. The topological polar surface area (TPSA) is 0 Å². The molecule has 0 aromatic carbocycles. The van der Waals surface area contributed by atoms with Crippen LogP contribution in [0.25, 0.3) is 0 Å². The standard InChI is InChI=1S/C18H36/c1-13(17(3,4)5)15-11-9-10-12-16(15)14(2)18(6,7)8/h13-16H,9-12H2,1-8H3/t13?,14?,15-,16+. The van der Waals surface area contributed by atoms with E-state index >= 15 is 0 Å². The molecule has 0 heterocycles. The highest BCUT2D eigenvalue weighted by molar-refractivity contribution is 4.89. The maximum atomic E-state index is 2.50. The van der Waals surface area contributed by atoms with Gasteiger partial charge in [-0.3, -0.25) is 0 Å². The predicted molar refractivity (Wildman–Crippen MR) is 82.7 cm³/mol. The molecule has 0 spiro atoms. The number of hydrogen-bond acceptors (Lipinski definition) is 0. The number of hydrogen-bond donors (Lipinski definition) is 0. The third-order valence-corrected chi connectivity index (χ3v) is 5.89. The van der Waals surface area contributed by atoms with Crippen molar-refractivity contribution in [2.45, 2.75) is 81.1 Å². The Bertz CT molecular complexity index is 222. The van der Waals surface area contributed by atoms with Gasteiger partial charge in [0.25, 0.3) is 0 Å². The molecule has 1 saturated carbocycles. The minimum absolute atomic E-state index is 0.456. The molecule has 0 saturated heterocycles. The normalized spacial score (nSPS) is 30.0. The highest BCUT2D eigenvalue weighted by Gasteiger charge is 2.40. The second-order valence-electron chi connectivity index (χ2n) is 8.92. The molecule has 1 aliphatic carbocycles. The lowest BCUT2D eigenvalue weighted by Crippen LogP contribution is -2.39. The molecular formula is C18H36. The Morgan fingerprint density at radius 2 is 0.944 bits per heavy atom. The molecule has 1 aliphatic rings. The minimum Gasteiger partial charge on any atom is -0.0617 e. The first-order valence-electron chi connectivity index (χ1n) is 8.05. The van der Waals surface area contributed by atoms with Crippen LogP contribution in [0.2, 0.25) is 0 Å². The first-order chi connectivity index (χ1) is 8.05. The summed E-state index contributed by atoms with van der Waals surface area (Å²) in [5.41, 5.74) is 0.912. The van der Waals surface area contributed by atoms with E-state index in [1.54, 1.807) is 0 Å². The van der Waals surface area contributed by atoms with Crippen molar-refractivity contribution >= 4 is 0 Å². The van der Waals surface area contributed by atoms with Crippen molar-refractivity contribution in [1.29, 1.82) is 0 Å². The summed E-state index contributed by atoms with van der Waals surface area (Å²) in [6.07, 6.45) is 5.84. The van der Waals surface area contributed by atoms with Gasteiger partial charge in [-0.15, -0.1) is 0 Å². The molecule has 0 aromatic rings. The Hall–Kier alpha value is 0. The molecule has 0 aromatic heterocycles. The van der Waals surface area contributed by atoms with E-state index in [-0.39, 0.29) is 0 Å². The van der Waals surface area contributed by atoms with E-state index in [1.807, 2.05) is 0 Å². The van der Waals surface area contributed by atoms with Crippen LogP contribution in [0, 0.1) is 34.5 Å². The van der Waals surface area contributed by atoms with E-state index < -0.39 is 0 Å². The van der Waals surface area contributed by atoms with Gasteiger partial charge in [0.1, 0.15) is 0 Å². The van der Waals surface area contributed by atoms with Crippen LogP contribution in [-0.4, -0.2) is 0 Å². The smallest absolute Gasteiger partial charge is 0.0352 e. The largest absolute Gasteiger partial charge is 0.0617 e. The van der Waals surface area contributed by atoms with Crippen molar-refractivity contribution < 1.29 is 0 Å². The molecule has 1 fully saturated rings. The molecule has 1 rings (SSSR count). The highest BCUT2D eigenvalue weighted by atomic mass is 14.5. The average molecular weight is 252 g/mol. The second kappa shape index (κ2) is 5.55. The first-order valence-corrected chi connectivity index (χ1v) is 8.05. The Kier molecular flexibility index (Phi) is 4.95. The zero-order chi connectivity index (χ0) is 14.1. The van der Waals surface area contributed by atoms with Crippen LogP contribution in [0.4, 0.5) is 0 Å². The lowest BCUT2D eigenvalue weighted by Gasteiger charge is -2.47. The van der Waals surface area contributed by atoms with Crippen LogP contribution in [0.3, 0.4) is 0 Å². The summed E-state index contributed by atoms with van der Waals surface area (Å²) < 4.78 is 0. The summed E-state index contributed by atoms with van der Waals surface area (Å²) >= 11 is 0. The fraction of sp³-hybridized carbons (Fsp3) is 1.00. The molecule has 0 nitrogen and oxygen atoms in total. The second-order valence-corrected chi connectivity index (χ2v) is 8.92. The summed E-state index contributed by atoms with van der Waals surface area (Å²) in [6, 6.07) is 0. The molecule has 0 radical (unpaired) electrons. The molecule has 0 N–H and O–H groups in total. The van der Waals surface area contributed by atoms with Crippen molar-refractivity contribution in [2.24, 2.45) is 34.5 Å². The van der Waals surface area contributed by atoms with E-state index in [2.05, 4.69) is 55.4 Å². The van der Waals surface area contributed by atoms with Crippen LogP contribution < -0.4 is 0 Å². The molecular weight excluding hydrogens is 216 g/mol. The van der Waals surface area contributed by atoms with Gasteiger partial charge in [0.2, 0.25) is 0 Å². The van der Waals surface area contributed by atoms with Gasteiger partial charge in [0.15, 0.2) is 0 Å². The Morgan fingerprint density at radius 3 is 1.17 bits per heavy atom. The molecule has 0 aliphatic heterocycles. The maximum Gasteiger partial charge on any atom is -0.0352 e. The van der Waals surface area contributed by atoms with E-state index in [0.29, 0.717) is 10.8 Å². The molecule has 0 bridgehead atoms. The molecule has 4 atom stereocenters. The van der Waals surface area contributed by atoms with Crippen LogP contribution in [0.15, 0.2) is 0 Å². The SMILES string of the molecule is CC([C@H]1CCCC[C@H]1C(C)C(C)(C)C)C(C)(C)C. The van der Waals surface area contributed by atoms with Crippen molar-refractivity contribution in [3.63, 3.8) is 0 Å². The van der Waals surface area contributed by atoms with Gasteiger partial charge in [-0.1, -0.05) is 68.2 Å². The van der Waals surface area contributed by atoms with E-state index in [4.69, 9.17) is 0 Å². The third kappa shape index (κ3) is 3.75. The maximum absolute atomic E-state index is 2.50. The quantitative estimate of drug-likeness (QED) is 0.552. The Morgan fingerprint density at radius 1 is 0.667 bits per heavy atom. The van der Waals surface area contributed by atoms with Gasteiger partial charge < -0.3 is 0 Å². The average Bonchev–Trinajstić information content (AvgIpc) is 2.24. The van der Waals surface area contributed by atoms with Gasteiger partial charge >= 0.3 is 0 Å². The first kappa shape index (κ1) is 16.1.